The lowest BCUT2D eigenvalue weighted by atomic mass is 9.98. The number of carboxylic acid groups (broad SMARTS) is 1. The van der Waals surface area contributed by atoms with Crippen LogP contribution < -0.4 is 0 Å². The molecule has 0 aliphatic rings. The first-order chi connectivity index (χ1) is 9.38. The van der Waals surface area contributed by atoms with E-state index in [2.05, 4.69) is 4.98 Å². The zero-order chi connectivity index (χ0) is 14.8. The molecule has 3 nitrogen and oxygen atoms in total. The van der Waals surface area contributed by atoms with Gasteiger partial charge in [-0.3, -0.25) is 4.98 Å². The summed E-state index contributed by atoms with van der Waals surface area (Å²) in [6, 6.07) is 6.27. The first kappa shape index (κ1) is 14.0. The van der Waals surface area contributed by atoms with Gasteiger partial charge in [0.1, 0.15) is 0 Å². The largest absolute Gasteiger partial charge is 0.478 e. The highest BCUT2D eigenvalue weighted by molar-refractivity contribution is 5.88. The van der Waals surface area contributed by atoms with Crippen molar-refractivity contribution < 1.29 is 23.1 Å². The fraction of sp³-hybridized carbons (Fsp3) is 0.143. The third-order valence-corrected chi connectivity index (χ3v) is 2.81. The Balaban J connectivity index is 2.45. The molecule has 0 unspecified atom stereocenters. The molecule has 0 aliphatic carbocycles. The number of pyridine rings is 1. The first-order valence-electron chi connectivity index (χ1n) is 5.70. The van der Waals surface area contributed by atoms with Gasteiger partial charge in [-0.1, -0.05) is 6.07 Å². The molecule has 2 aromatic rings. The second kappa shape index (κ2) is 5.32. The molecule has 1 N–H and O–H groups in total. The molecule has 2 rings (SSSR count). The number of hydrogen-bond donors (Lipinski definition) is 1. The molecule has 0 saturated carbocycles. The van der Waals surface area contributed by atoms with Crippen LogP contribution in [-0.4, -0.2) is 16.1 Å². The molecule has 1 aromatic heterocycles. The van der Waals surface area contributed by atoms with E-state index in [0.29, 0.717) is 11.6 Å². The monoisotopic (exact) mass is 281 g/mol. The number of aromatic carboxylic acids is 1. The van der Waals surface area contributed by atoms with Gasteiger partial charge in [0.2, 0.25) is 0 Å². The second-order valence-electron chi connectivity index (χ2n) is 4.21. The van der Waals surface area contributed by atoms with Crippen molar-refractivity contribution in [3.05, 3.63) is 65.0 Å². The van der Waals surface area contributed by atoms with Gasteiger partial charge in [-0.15, -0.1) is 0 Å². The Kier molecular flexibility index (Phi) is 3.74. The van der Waals surface area contributed by atoms with Crippen molar-refractivity contribution in [1.29, 1.82) is 0 Å². The van der Waals surface area contributed by atoms with Crippen LogP contribution in [0.2, 0.25) is 0 Å². The topological polar surface area (TPSA) is 50.2 Å². The molecular formula is C14H10F3NO2. The van der Waals surface area contributed by atoms with Crippen LogP contribution in [0.5, 0.6) is 0 Å². The number of hydrogen-bond acceptors (Lipinski definition) is 2. The molecule has 104 valence electrons. The van der Waals surface area contributed by atoms with Crippen molar-refractivity contribution in [1.82, 2.24) is 4.98 Å². The molecule has 1 heterocycles. The number of alkyl halides is 3. The van der Waals surface area contributed by atoms with Crippen molar-refractivity contribution in [2.45, 2.75) is 12.6 Å². The van der Waals surface area contributed by atoms with Gasteiger partial charge in [0, 0.05) is 12.4 Å². The highest BCUT2D eigenvalue weighted by Gasteiger charge is 2.34. The van der Waals surface area contributed by atoms with Crippen LogP contribution in [0, 0.1) is 0 Å². The highest BCUT2D eigenvalue weighted by atomic mass is 19.4. The summed E-state index contributed by atoms with van der Waals surface area (Å²) in [5.74, 6) is -1.38. The van der Waals surface area contributed by atoms with Crippen LogP contribution in [0.1, 0.15) is 27.0 Å². The zero-order valence-corrected chi connectivity index (χ0v) is 10.2. The zero-order valence-electron chi connectivity index (χ0n) is 10.2. The summed E-state index contributed by atoms with van der Waals surface area (Å²) in [4.78, 5) is 14.6. The van der Waals surface area contributed by atoms with Crippen molar-refractivity contribution in [2.24, 2.45) is 0 Å². The number of carboxylic acids is 1. The molecule has 0 amide bonds. The summed E-state index contributed by atoms with van der Waals surface area (Å²) in [5, 5.41) is 8.78. The number of benzene rings is 1. The van der Waals surface area contributed by atoms with Crippen LogP contribution in [0.25, 0.3) is 0 Å². The van der Waals surface area contributed by atoms with E-state index in [1.165, 1.54) is 24.5 Å². The lowest BCUT2D eigenvalue weighted by molar-refractivity contribution is -0.138. The number of carbonyl (C=O) groups is 1. The van der Waals surface area contributed by atoms with Crippen LogP contribution in [0.15, 0.2) is 42.7 Å². The van der Waals surface area contributed by atoms with E-state index >= 15 is 0 Å². The Hall–Kier alpha value is -2.37. The fourth-order valence-electron chi connectivity index (χ4n) is 1.85. The van der Waals surface area contributed by atoms with Crippen LogP contribution in [0.4, 0.5) is 13.2 Å². The van der Waals surface area contributed by atoms with Crippen LogP contribution >= 0.6 is 0 Å². The number of aromatic nitrogens is 1. The number of halogens is 3. The molecule has 6 heteroatoms. The molecule has 0 saturated heterocycles. The maximum absolute atomic E-state index is 13.0. The predicted octanol–water partition coefficient (Wildman–Crippen LogP) is 3.39. The Morgan fingerprint density at radius 2 is 1.80 bits per heavy atom. The quantitative estimate of drug-likeness (QED) is 0.938. The minimum absolute atomic E-state index is 0.0358. The lowest BCUT2D eigenvalue weighted by Crippen LogP contribution is -2.11. The van der Waals surface area contributed by atoms with Crippen molar-refractivity contribution in [2.75, 3.05) is 0 Å². The summed E-state index contributed by atoms with van der Waals surface area (Å²) >= 11 is 0. The maximum Gasteiger partial charge on any atom is 0.416 e. The van der Waals surface area contributed by atoms with Gasteiger partial charge in [-0.05, 0) is 41.8 Å². The number of nitrogens with zero attached hydrogens (tertiary/aromatic N) is 1. The third kappa shape index (κ3) is 3.14. The lowest BCUT2D eigenvalue weighted by Gasteiger charge is -2.13. The van der Waals surface area contributed by atoms with Crippen molar-refractivity contribution in [3.63, 3.8) is 0 Å². The summed E-state index contributed by atoms with van der Waals surface area (Å²) < 4.78 is 39.0. The summed E-state index contributed by atoms with van der Waals surface area (Å²) in [7, 11) is 0. The van der Waals surface area contributed by atoms with Gasteiger partial charge in [-0.25, -0.2) is 4.79 Å². The maximum atomic E-state index is 13.0. The van der Waals surface area contributed by atoms with E-state index in [0.717, 1.165) is 0 Å². The van der Waals surface area contributed by atoms with Crippen molar-refractivity contribution >= 4 is 5.97 Å². The van der Waals surface area contributed by atoms with Crippen LogP contribution in [0.3, 0.4) is 0 Å². The van der Waals surface area contributed by atoms with Crippen molar-refractivity contribution in [3.8, 4) is 0 Å². The van der Waals surface area contributed by atoms with Gasteiger partial charge < -0.3 is 5.11 Å². The average Bonchev–Trinajstić information content (AvgIpc) is 2.39. The molecule has 0 spiro atoms. The SMILES string of the molecule is O=C(O)c1ccc(Cc2ccncc2)c(C(F)(F)F)c1. The standard InChI is InChI=1S/C14H10F3NO2/c15-14(16,17)12-8-11(13(19)20)2-1-10(12)7-9-3-5-18-6-4-9/h1-6,8H,7H2,(H,19,20). The Morgan fingerprint density at radius 1 is 1.15 bits per heavy atom. The van der Waals surface area contributed by atoms with Gasteiger partial charge in [0.05, 0.1) is 11.1 Å². The van der Waals surface area contributed by atoms with Gasteiger partial charge >= 0.3 is 12.1 Å². The van der Waals surface area contributed by atoms with Gasteiger partial charge in [-0.2, -0.15) is 13.2 Å². The van der Waals surface area contributed by atoms with Crippen LogP contribution in [-0.2, 0) is 12.6 Å². The third-order valence-electron chi connectivity index (χ3n) is 2.81. The molecule has 0 fully saturated rings. The second-order valence-corrected chi connectivity index (χ2v) is 4.21. The Morgan fingerprint density at radius 3 is 2.35 bits per heavy atom. The Bertz CT molecular complexity index is 624. The summed E-state index contributed by atoms with van der Waals surface area (Å²) in [5.41, 5.74) is -0.590. The highest BCUT2D eigenvalue weighted by Crippen LogP contribution is 2.33. The summed E-state index contributed by atoms with van der Waals surface area (Å²) in [6.45, 7) is 0. The first-order valence-corrected chi connectivity index (χ1v) is 5.70. The predicted molar refractivity (Wildman–Crippen MR) is 65.4 cm³/mol. The molecule has 1 aromatic carbocycles. The molecule has 0 aliphatic heterocycles. The minimum atomic E-state index is -4.59. The molecule has 0 atom stereocenters. The normalized spacial score (nSPS) is 11.3. The summed E-state index contributed by atoms with van der Waals surface area (Å²) in [6.07, 6.45) is -1.53. The number of rotatable bonds is 3. The molecule has 20 heavy (non-hydrogen) atoms. The average molecular weight is 281 g/mol. The van der Waals surface area contributed by atoms with E-state index in [4.69, 9.17) is 5.11 Å². The van der Waals surface area contributed by atoms with E-state index in [9.17, 15) is 18.0 Å². The minimum Gasteiger partial charge on any atom is -0.478 e. The molecule has 0 bridgehead atoms. The van der Waals surface area contributed by atoms with E-state index in [1.54, 1.807) is 12.1 Å². The van der Waals surface area contributed by atoms with E-state index in [1.807, 2.05) is 0 Å². The van der Waals surface area contributed by atoms with E-state index in [-0.39, 0.29) is 17.5 Å². The van der Waals surface area contributed by atoms with Gasteiger partial charge in [0.25, 0.3) is 0 Å². The molecule has 0 radical (unpaired) electrons. The smallest absolute Gasteiger partial charge is 0.416 e. The Labute approximate surface area is 112 Å². The fourth-order valence-corrected chi connectivity index (χ4v) is 1.85. The van der Waals surface area contributed by atoms with E-state index < -0.39 is 17.7 Å². The van der Waals surface area contributed by atoms with Gasteiger partial charge in [0.15, 0.2) is 0 Å². The molecular weight excluding hydrogens is 271 g/mol.